The minimum Gasteiger partial charge on any atom is -0.495 e. The van der Waals surface area contributed by atoms with Crippen molar-refractivity contribution in [1.29, 1.82) is 0 Å². The number of hydrogen-bond donors (Lipinski definition) is 2. The molecule has 0 saturated heterocycles. The van der Waals surface area contributed by atoms with E-state index in [1.165, 1.54) is 7.11 Å². The Morgan fingerprint density at radius 3 is 2.65 bits per heavy atom. The Bertz CT molecular complexity index is 1260. The van der Waals surface area contributed by atoms with Crippen LogP contribution in [0.15, 0.2) is 47.1 Å². The van der Waals surface area contributed by atoms with E-state index in [0.717, 1.165) is 21.8 Å². The van der Waals surface area contributed by atoms with Gasteiger partial charge in [-0.3, -0.25) is 4.79 Å². The van der Waals surface area contributed by atoms with E-state index in [9.17, 15) is 18.0 Å². The quantitative estimate of drug-likeness (QED) is 0.404. The van der Waals surface area contributed by atoms with E-state index in [1.807, 2.05) is 6.07 Å². The monoisotopic (exact) mass is 534 g/mol. The highest BCUT2D eigenvalue weighted by Crippen LogP contribution is 2.40. The van der Waals surface area contributed by atoms with Crippen molar-refractivity contribution in [1.82, 2.24) is 9.97 Å². The number of carbonyl (C=O) groups is 1. The van der Waals surface area contributed by atoms with Crippen LogP contribution in [0.4, 0.5) is 30.5 Å². The first kappa shape index (κ1) is 24.0. The van der Waals surface area contributed by atoms with Crippen molar-refractivity contribution in [3.05, 3.63) is 69.5 Å². The van der Waals surface area contributed by atoms with Crippen molar-refractivity contribution >= 4 is 39.2 Å². The zero-order valence-corrected chi connectivity index (χ0v) is 20.3. The summed E-state index contributed by atoms with van der Waals surface area (Å²) in [6.07, 6.45) is -3.51. The standard InChI is InChI=1S/C24H22BrF3N4O2/c1-23(2)20-13(5-4-6-18(20)30-21(23)33)7-9-16-15(24(26,27)28)12-29-22(31-16)32-17-10-8-14(25)11-19(17)34-3/h4-6,8,10-12H,7,9H2,1-3H3,(H,30,33)(H,29,31,32). The molecule has 2 heterocycles. The molecule has 0 bridgehead atoms. The first-order valence-corrected chi connectivity index (χ1v) is 11.3. The Kier molecular flexibility index (Phi) is 6.28. The molecule has 1 aliphatic heterocycles. The fraction of sp³-hybridized carbons (Fsp3) is 0.292. The number of amides is 1. The first-order chi connectivity index (χ1) is 16.0. The Morgan fingerprint density at radius 2 is 1.94 bits per heavy atom. The molecule has 2 N–H and O–H groups in total. The number of aromatic nitrogens is 2. The van der Waals surface area contributed by atoms with Gasteiger partial charge in [-0.25, -0.2) is 9.97 Å². The lowest BCUT2D eigenvalue weighted by Crippen LogP contribution is -2.27. The van der Waals surface area contributed by atoms with Gasteiger partial charge in [0.25, 0.3) is 0 Å². The smallest absolute Gasteiger partial charge is 0.419 e. The van der Waals surface area contributed by atoms with E-state index in [2.05, 4.69) is 36.5 Å². The molecule has 3 aromatic rings. The van der Waals surface area contributed by atoms with Gasteiger partial charge in [0.05, 0.1) is 29.5 Å². The summed E-state index contributed by atoms with van der Waals surface area (Å²) in [6.45, 7) is 3.61. The number of methoxy groups -OCH3 is 1. The molecule has 4 rings (SSSR count). The van der Waals surface area contributed by atoms with Gasteiger partial charge in [-0.2, -0.15) is 13.2 Å². The average molecular weight is 535 g/mol. The molecule has 0 spiro atoms. The molecule has 34 heavy (non-hydrogen) atoms. The normalized spacial score (nSPS) is 14.5. The molecule has 10 heteroatoms. The van der Waals surface area contributed by atoms with Crippen molar-refractivity contribution in [2.24, 2.45) is 0 Å². The number of aryl methyl sites for hydroxylation is 2. The summed E-state index contributed by atoms with van der Waals surface area (Å²) >= 11 is 3.35. The average Bonchev–Trinajstić information content (AvgIpc) is 3.01. The van der Waals surface area contributed by atoms with E-state index in [-0.39, 0.29) is 30.4 Å². The van der Waals surface area contributed by atoms with Gasteiger partial charge in [-0.1, -0.05) is 28.1 Å². The lowest BCUT2D eigenvalue weighted by atomic mass is 9.82. The molecular formula is C24H22BrF3N4O2. The van der Waals surface area contributed by atoms with Gasteiger partial charge >= 0.3 is 6.18 Å². The molecular weight excluding hydrogens is 513 g/mol. The Balaban J connectivity index is 1.66. The molecule has 1 aromatic heterocycles. The van der Waals surface area contributed by atoms with Gasteiger partial charge in [0, 0.05) is 16.4 Å². The number of nitrogens with zero attached hydrogens (tertiary/aromatic N) is 2. The Morgan fingerprint density at radius 1 is 1.18 bits per heavy atom. The number of rotatable bonds is 6. The van der Waals surface area contributed by atoms with E-state index >= 15 is 0 Å². The number of ether oxygens (including phenoxy) is 1. The fourth-order valence-corrected chi connectivity index (χ4v) is 4.43. The summed E-state index contributed by atoms with van der Waals surface area (Å²) in [5.74, 6) is 0.376. The third-order valence-corrected chi connectivity index (χ3v) is 6.30. The molecule has 0 atom stereocenters. The maximum atomic E-state index is 13.7. The van der Waals surface area contributed by atoms with Gasteiger partial charge in [-0.05, 0) is 62.1 Å². The molecule has 1 aliphatic rings. The van der Waals surface area contributed by atoms with E-state index < -0.39 is 17.2 Å². The largest absolute Gasteiger partial charge is 0.495 e. The zero-order valence-electron chi connectivity index (χ0n) is 18.7. The lowest BCUT2D eigenvalue weighted by Gasteiger charge is -2.20. The lowest BCUT2D eigenvalue weighted by molar-refractivity contribution is -0.138. The molecule has 0 saturated carbocycles. The van der Waals surface area contributed by atoms with Crippen molar-refractivity contribution in [2.45, 2.75) is 38.3 Å². The van der Waals surface area contributed by atoms with Gasteiger partial charge in [-0.15, -0.1) is 0 Å². The maximum absolute atomic E-state index is 13.7. The molecule has 6 nitrogen and oxygen atoms in total. The fourth-order valence-electron chi connectivity index (χ4n) is 4.09. The van der Waals surface area contributed by atoms with Crippen LogP contribution in [0.1, 0.15) is 36.2 Å². The van der Waals surface area contributed by atoms with Crippen LogP contribution >= 0.6 is 15.9 Å². The molecule has 178 valence electrons. The molecule has 0 radical (unpaired) electrons. The number of halogens is 4. The number of fused-ring (bicyclic) bond motifs is 1. The second kappa shape index (κ2) is 8.90. The molecule has 2 aromatic carbocycles. The second-order valence-electron chi connectivity index (χ2n) is 8.44. The van der Waals surface area contributed by atoms with Crippen molar-refractivity contribution in [2.75, 3.05) is 17.7 Å². The zero-order chi connectivity index (χ0) is 24.7. The van der Waals surface area contributed by atoms with Crippen LogP contribution < -0.4 is 15.4 Å². The summed E-state index contributed by atoms with van der Waals surface area (Å²) in [6, 6.07) is 10.6. The summed E-state index contributed by atoms with van der Waals surface area (Å²) in [5, 5.41) is 5.78. The van der Waals surface area contributed by atoms with Crippen LogP contribution in [0.2, 0.25) is 0 Å². The SMILES string of the molecule is COc1cc(Br)ccc1Nc1ncc(C(F)(F)F)c(CCc2cccc3c2C(C)(C)C(=O)N3)n1. The van der Waals surface area contributed by atoms with Crippen LogP contribution in [0, 0.1) is 0 Å². The van der Waals surface area contributed by atoms with E-state index in [1.54, 1.807) is 44.2 Å². The number of carbonyl (C=O) groups excluding carboxylic acids is 1. The number of alkyl halides is 3. The van der Waals surface area contributed by atoms with Crippen LogP contribution in [0.5, 0.6) is 5.75 Å². The van der Waals surface area contributed by atoms with Gasteiger partial charge in [0.1, 0.15) is 5.75 Å². The summed E-state index contributed by atoms with van der Waals surface area (Å²) in [5.41, 5.74) is 1.03. The minimum absolute atomic E-state index is 0.0181. The highest BCUT2D eigenvalue weighted by molar-refractivity contribution is 9.10. The van der Waals surface area contributed by atoms with Gasteiger partial charge in [0.2, 0.25) is 11.9 Å². The first-order valence-electron chi connectivity index (χ1n) is 10.5. The topological polar surface area (TPSA) is 76.1 Å². The Labute approximate surface area is 203 Å². The second-order valence-corrected chi connectivity index (χ2v) is 9.36. The number of nitrogens with one attached hydrogen (secondary N) is 2. The number of hydrogen-bond acceptors (Lipinski definition) is 5. The summed E-state index contributed by atoms with van der Waals surface area (Å²) < 4.78 is 47.2. The highest BCUT2D eigenvalue weighted by Gasteiger charge is 2.40. The van der Waals surface area contributed by atoms with Crippen molar-refractivity contribution in [3.8, 4) is 5.75 Å². The predicted octanol–water partition coefficient (Wildman–Crippen LogP) is 6.03. The molecule has 0 aliphatic carbocycles. The van der Waals surface area contributed by atoms with Crippen molar-refractivity contribution in [3.63, 3.8) is 0 Å². The number of anilines is 3. The highest BCUT2D eigenvalue weighted by atomic mass is 79.9. The summed E-state index contributed by atoms with van der Waals surface area (Å²) in [4.78, 5) is 20.4. The summed E-state index contributed by atoms with van der Waals surface area (Å²) in [7, 11) is 1.49. The third kappa shape index (κ3) is 4.59. The van der Waals surface area contributed by atoms with Crippen LogP contribution in [0.25, 0.3) is 0 Å². The van der Waals surface area contributed by atoms with E-state index in [0.29, 0.717) is 17.1 Å². The third-order valence-electron chi connectivity index (χ3n) is 5.81. The Hall–Kier alpha value is -3.14. The predicted molar refractivity (Wildman–Crippen MR) is 127 cm³/mol. The van der Waals surface area contributed by atoms with Crippen LogP contribution in [-0.4, -0.2) is 23.0 Å². The van der Waals surface area contributed by atoms with Gasteiger partial charge in [0.15, 0.2) is 0 Å². The van der Waals surface area contributed by atoms with E-state index in [4.69, 9.17) is 4.74 Å². The molecule has 0 unspecified atom stereocenters. The van der Waals surface area contributed by atoms with Crippen LogP contribution in [-0.2, 0) is 29.2 Å². The van der Waals surface area contributed by atoms with Crippen LogP contribution in [0.3, 0.4) is 0 Å². The van der Waals surface area contributed by atoms with Gasteiger partial charge < -0.3 is 15.4 Å². The van der Waals surface area contributed by atoms with Crippen molar-refractivity contribution < 1.29 is 22.7 Å². The minimum atomic E-state index is -4.60. The molecule has 0 fully saturated rings. The number of benzene rings is 2. The molecule has 1 amide bonds. The maximum Gasteiger partial charge on any atom is 0.419 e.